The van der Waals surface area contributed by atoms with Gasteiger partial charge in [0.05, 0.1) is 22.9 Å². The van der Waals surface area contributed by atoms with Crippen molar-refractivity contribution in [2.24, 2.45) is 0 Å². The van der Waals surface area contributed by atoms with Gasteiger partial charge in [0.1, 0.15) is 17.2 Å². The van der Waals surface area contributed by atoms with Crippen molar-refractivity contribution in [3.63, 3.8) is 0 Å². The van der Waals surface area contributed by atoms with Crippen LogP contribution in [0.15, 0.2) is 67.1 Å². The lowest BCUT2D eigenvalue weighted by Crippen LogP contribution is -2.25. The molecule has 5 aromatic rings. The Balaban J connectivity index is 1.16. The van der Waals surface area contributed by atoms with Crippen molar-refractivity contribution >= 4 is 24.7 Å². The predicted octanol–water partition coefficient (Wildman–Crippen LogP) is 7.05. The fourth-order valence-electron chi connectivity index (χ4n) is 4.95. The molecule has 0 N–H and O–H groups in total. The molecule has 0 radical (unpaired) electrons. The Labute approximate surface area is 272 Å². The molecule has 0 bridgehead atoms. The lowest BCUT2D eigenvalue weighted by atomic mass is 10.1. The van der Waals surface area contributed by atoms with Gasteiger partial charge in [0.25, 0.3) is 0 Å². The number of anilines is 1. The van der Waals surface area contributed by atoms with E-state index in [2.05, 4.69) is 36.9 Å². The number of halogens is 1. The maximum absolute atomic E-state index is 13.7. The molecule has 4 heterocycles. The van der Waals surface area contributed by atoms with Crippen molar-refractivity contribution in [1.29, 1.82) is 0 Å². The third kappa shape index (κ3) is 8.07. The number of phosphoric ester groups is 1. The number of nitrogens with zero attached hydrogens (tertiary/aromatic N) is 7. The van der Waals surface area contributed by atoms with Crippen molar-refractivity contribution in [1.82, 2.24) is 29.7 Å². The fraction of sp³-hybridized carbons (Fsp3) is 0.324. The van der Waals surface area contributed by atoms with Gasteiger partial charge in [-0.1, -0.05) is 12.0 Å². The van der Waals surface area contributed by atoms with Gasteiger partial charge in [0, 0.05) is 36.4 Å². The van der Waals surface area contributed by atoms with E-state index in [4.69, 9.17) is 13.6 Å². The van der Waals surface area contributed by atoms with Crippen molar-refractivity contribution in [3.05, 3.63) is 95.3 Å². The first-order valence-corrected chi connectivity index (χ1v) is 16.5. The van der Waals surface area contributed by atoms with Gasteiger partial charge < -0.3 is 4.90 Å². The molecule has 0 amide bonds. The summed E-state index contributed by atoms with van der Waals surface area (Å²) < 4.78 is 45.9. The van der Waals surface area contributed by atoms with Crippen molar-refractivity contribution in [3.8, 4) is 23.4 Å². The van der Waals surface area contributed by atoms with E-state index >= 15 is 0 Å². The summed E-state index contributed by atoms with van der Waals surface area (Å²) in [6, 6.07) is 13.9. The second-order valence-electron chi connectivity index (χ2n) is 13.1. The molecule has 2 aromatic carbocycles. The standard InChI is InChI=1S/C34H35FN7O4P/c1-33(2,3)45-47(43,46-34(4,5)6)44-22-42-30-12-8-23(17-25(30)19-38-42)7-11-28-13-15-36-31(39-28)29-14-16-37-32(40-29)41-20-24-9-10-27(35)18-26(24)21-41/h8-10,12-19H,20-22H2,1-6H3. The predicted molar refractivity (Wildman–Crippen MR) is 175 cm³/mol. The summed E-state index contributed by atoms with van der Waals surface area (Å²) in [6.45, 7) is 11.7. The van der Waals surface area contributed by atoms with Crippen LogP contribution in [0.4, 0.5) is 10.3 Å². The van der Waals surface area contributed by atoms with Gasteiger partial charge in [-0.05, 0) is 101 Å². The first-order valence-electron chi connectivity index (χ1n) is 15.0. The summed E-state index contributed by atoms with van der Waals surface area (Å²) in [5.74, 6) is 6.94. The molecule has 1 aliphatic rings. The van der Waals surface area contributed by atoms with E-state index in [1.165, 1.54) is 6.07 Å². The number of fused-ring (bicyclic) bond motifs is 2. The lowest BCUT2D eigenvalue weighted by Gasteiger charge is -2.30. The largest absolute Gasteiger partial charge is 0.477 e. The Morgan fingerprint density at radius 3 is 2.38 bits per heavy atom. The highest BCUT2D eigenvalue weighted by Gasteiger charge is 2.37. The summed E-state index contributed by atoms with van der Waals surface area (Å²) in [5.41, 5.74) is 3.09. The van der Waals surface area contributed by atoms with Crippen LogP contribution < -0.4 is 4.90 Å². The molecule has 0 unspecified atom stereocenters. The third-order valence-corrected chi connectivity index (χ3v) is 8.76. The van der Waals surface area contributed by atoms with Gasteiger partial charge in [-0.2, -0.15) is 5.10 Å². The van der Waals surface area contributed by atoms with Crippen LogP contribution in [0, 0.1) is 17.7 Å². The zero-order valence-corrected chi connectivity index (χ0v) is 28.0. The van der Waals surface area contributed by atoms with E-state index in [1.807, 2.05) is 23.1 Å². The summed E-state index contributed by atoms with van der Waals surface area (Å²) in [7, 11) is -3.90. The number of hydrogen-bond donors (Lipinski definition) is 0. The molecule has 11 nitrogen and oxygen atoms in total. The maximum Gasteiger partial charge on any atom is 0.477 e. The molecule has 0 fully saturated rings. The topological polar surface area (TPSA) is 117 Å². The smallest absolute Gasteiger partial charge is 0.332 e. The SMILES string of the molecule is CC(C)(C)OP(=O)(OCn1ncc2cc(C#Cc3ccnc(-c4ccnc(N5Cc6ccc(F)cc6C5)n4)n3)ccc21)OC(C)(C)C. The van der Waals surface area contributed by atoms with Crippen molar-refractivity contribution < 1.29 is 22.5 Å². The number of aromatic nitrogens is 6. The van der Waals surface area contributed by atoms with Crippen LogP contribution in [0.5, 0.6) is 0 Å². The van der Waals surface area contributed by atoms with Crippen molar-refractivity contribution in [2.45, 2.75) is 72.6 Å². The average molecular weight is 656 g/mol. The van der Waals surface area contributed by atoms with Crippen LogP contribution in [0.2, 0.25) is 0 Å². The van der Waals surface area contributed by atoms with Crippen LogP contribution in [0.3, 0.4) is 0 Å². The monoisotopic (exact) mass is 655 g/mol. The maximum atomic E-state index is 13.7. The van der Waals surface area contributed by atoms with Gasteiger partial charge in [-0.3, -0.25) is 13.6 Å². The third-order valence-electron chi connectivity index (χ3n) is 6.79. The summed E-state index contributed by atoms with van der Waals surface area (Å²) in [4.78, 5) is 20.1. The summed E-state index contributed by atoms with van der Waals surface area (Å²) in [5, 5.41) is 5.23. The van der Waals surface area contributed by atoms with Crippen LogP contribution >= 0.6 is 7.82 Å². The number of rotatable bonds is 7. The van der Waals surface area contributed by atoms with E-state index in [0.29, 0.717) is 36.3 Å². The van der Waals surface area contributed by atoms with E-state index in [9.17, 15) is 8.96 Å². The van der Waals surface area contributed by atoms with Crippen molar-refractivity contribution in [2.75, 3.05) is 4.90 Å². The zero-order chi connectivity index (χ0) is 33.4. The molecule has 0 saturated heterocycles. The Kier molecular flexibility index (Phi) is 8.68. The second kappa shape index (κ2) is 12.6. The Hall–Kier alpha value is -4.53. The first-order chi connectivity index (χ1) is 22.2. The molecule has 0 spiro atoms. The molecular weight excluding hydrogens is 620 g/mol. The number of hydrogen-bond acceptors (Lipinski definition) is 10. The quantitative estimate of drug-likeness (QED) is 0.133. The Morgan fingerprint density at radius 2 is 1.62 bits per heavy atom. The Morgan fingerprint density at radius 1 is 0.872 bits per heavy atom. The molecule has 242 valence electrons. The average Bonchev–Trinajstić information content (AvgIpc) is 3.61. The summed E-state index contributed by atoms with van der Waals surface area (Å²) >= 11 is 0. The van der Waals surface area contributed by atoms with Gasteiger partial charge >= 0.3 is 7.82 Å². The Bertz CT molecular complexity index is 2040. The molecule has 0 atom stereocenters. The normalized spacial score (nSPS) is 13.5. The molecule has 47 heavy (non-hydrogen) atoms. The van der Waals surface area contributed by atoms with Gasteiger partial charge in [0.2, 0.25) is 5.95 Å². The molecule has 3 aromatic heterocycles. The second-order valence-corrected chi connectivity index (χ2v) is 14.6. The zero-order valence-electron chi connectivity index (χ0n) is 27.1. The van der Waals surface area contributed by atoms with Gasteiger partial charge in [-0.25, -0.2) is 33.6 Å². The molecule has 6 rings (SSSR count). The van der Waals surface area contributed by atoms with Gasteiger partial charge in [0.15, 0.2) is 12.6 Å². The number of benzene rings is 2. The van der Waals surface area contributed by atoms with Crippen LogP contribution in [-0.4, -0.2) is 40.9 Å². The van der Waals surface area contributed by atoms with E-state index in [-0.39, 0.29) is 12.5 Å². The molecule has 1 aliphatic heterocycles. The minimum Gasteiger partial charge on any atom is -0.332 e. The molecule has 0 saturated carbocycles. The number of phosphoric acid groups is 1. The lowest BCUT2D eigenvalue weighted by molar-refractivity contribution is -0.00702. The fourth-order valence-corrected chi connectivity index (χ4v) is 6.69. The molecule has 0 aliphatic carbocycles. The summed E-state index contributed by atoms with van der Waals surface area (Å²) in [6.07, 6.45) is 4.99. The van der Waals surface area contributed by atoms with Gasteiger partial charge in [-0.15, -0.1) is 0 Å². The highest BCUT2D eigenvalue weighted by molar-refractivity contribution is 7.48. The van der Waals surface area contributed by atoms with Crippen LogP contribution in [0.1, 0.15) is 63.9 Å². The van der Waals surface area contributed by atoms with E-state index in [1.54, 1.807) is 89.1 Å². The minimum absolute atomic E-state index is 0.129. The minimum atomic E-state index is -3.90. The molecule has 13 heteroatoms. The van der Waals surface area contributed by atoms with E-state index in [0.717, 1.165) is 27.6 Å². The first kappa shape index (κ1) is 32.4. The highest BCUT2D eigenvalue weighted by Crippen LogP contribution is 2.55. The highest BCUT2D eigenvalue weighted by atomic mass is 31.2. The van der Waals surface area contributed by atoms with Crippen LogP contribution in [-0.2, 0) is 38.0 Å². The van der Waals surface area contributed by atoms with E-state index < -0.39 is 19.0 Å². The van der Waals surface area contributed by atoms with Crippen LogP contribution in [0.25, 0.3) is 22.4 Å². The molecular formula is C34H35FN7O4P.